The Morgan fingerprint density at radius 1 is 1.26 bits per heavy atom. The Hall–Kier alpha value is -1.06. The molecule has 0 amide bonds. The molecule has 2 aliphatic rings. The van der Waals surface area contributed by atoms with Crippen LogP contribution in [0.5, 0.6) is 5.75 Å². The summed E-state index contributed by atoms with van der Waals surface area (Å²) in [6.45, 7) is 4.03. The van der Waals surface area contributed by atoms with Crippen molar-refractivity contribution in [2.45, 2.75) is 50.7 Å². The van der Waals surface area contributed by atoms with Crippen molar-refractivity contribution in [2.75, 3.05) is 13.2 Å². The monoisotopic (exact) mass is 260 g/mol. The molecule has 2 atom stereocenters. The van der Waals surface area contributed by atoms with E-state index in [4.69, 9.17) is 10.5 Å². The van der Waals surface area contributed by atoms with Gasteiger partial charge in [-0.05, 0) is 25.5 Å². The quantitative estimate of drug-likeness (QED) is 0.908. The number of para-hydroxylation sites is 1. The second-order valence-corrected chi connectivity index (χ2v) is 5.71. The topological polar surface area (TPSA) is 38.5 Å². The average molecular weight is 260 g/mol. The maximum absolute atomic E-state index is 6.51. The van der Waals surface area contributed by atoms with Gasteiger partial charge in [-0.3, -0.25) is 4.90 Å². The number of nitrogens with zero attached hydrogens (tertiary/aromatic N) is 1. The Morgan fingerprint density at radius 3 is 2.74 bits per heavy atom. The molecule has 3 heteroatoms. The molecule has 1 aromatic rings. The molecule has 3 rings (SSSR count). The zero-order valence-electron chi connectivity index (χ0n) is 11.7. The SMILES string of the molecule is CCN(C1CCCC1)C1COc2ccccc2C1N. The van der Waals surface area contributed by atoms with Gasteiger partial charge < -0.3 is 10.5 Å². The summed E-state index contributed by atoms with van der Waals surface area (Å²) in [7, 11) is 0. The third kappa shape index (κ3) is 2.37. The average Bonchev–Trinajstić information content (AvgIpc) is 2.96. The molecule has 0 spiro atoms. The van der Waals surface area contributed by atoms with Crippen LogP contribution in [0.4, 0.5) is 0 Å². The molecule has 0 saturated heterocycles. The minimum absolute atomic E-state index is 0.0745. The zero-order valence-corrected chi connectivity index (χ0v) is 11.7. The van der Waals surface area contributed by atoms with Crippen molar-refractivity contribution in [3.05, 3.63) is 29.8 Å². The number of benzene rings is 1. The summed E-state index contributed by atoms with van der Waals surface area (Å²) in [5.74, 6) is 0.966. The van der Waals surface area contributed by atoms with Crippen molar-refractivity contribution in [3.63, 3.8) is 0 Å². The molecule has 1 saturated carbocycles. The van der Waals surface area contributed by atoms with Crippen LogP contribution in [0.3, 0.4) is 0 Å². The van der Waals surface area contributed by atoms with Crippen molar-refractivity contribution >= 4 is 0 Å². The molecule has 0 aromatic heterocycles. The fourth-order valence-corrected chi connectivity index (χ4v) is 3.67. The predicted octanol–water partition coefficient (Wildman–Crippen LogP) is 2.71. The molecular weight excluding hydrogens is 236 g/mol. The van der Waals surface area contributed by atoms with Crippen LogP contribution in [0, 0.1) is 0 Å². The molecular formula is C16H24N2O. The van der Waals surface area contributed by atoms with Crippen LogP contribution in [0.25, 0.3) is 0 Å². The van der Waals surface area contributed by atoms with Gasteiger partial charge in [0.2, 0.25) is 0 Å². The molecule has 1 fully saturated rings. The van der Waals surface area contributed by atoms with E-state index in [1.54, 1.807) is 0 Å². The number of ether oxygens (including phenoxy) is 1. The minimum Gasteiger partial charge on any atom is -0.492 e. The van der Waals surface area contributed by atoms with E-state index in [1.165, 1.54) is 25.7 Å². The fourth-order valence-electron chi connectivity index (χ4n) is 3.67. The van der Waals surface area contributed by atoms with Gasteiger partial charge in [0, 0.05) is 11.6 Å². The van der Waals surface area contributed by atoms with E-state index in [1.807, 2.05) is 12.1 Å². The molecule has 1 aliphatic heterocycles. The number of rotatable bonds is 3. The van der Waals surface area contributed by atoms with Gasteiger partial charge in [-0.25, -0.2) is 0 Å². The van der Waals surface area contributed by atoms with Crippen LogP contribution in [-0.4, -0.2) is 30.1 Å². The van der Waals surface area contributed by atoms with E-state index in [0.717, 1.165) is 24.5 Å². The maximum atomic E-state index is 6.51. The number of likely N-dealkylation sites (N-methyl/N-ethyl adjacent to an activating group) is 1. The standard InChI is InChI=1S/C16H24N2O/c1-2-18(12-7-3-4-8-12)14-11-19-15-10-6-5-9-13(15)16(14)17/h5-6,9-10,12,14,16H,2-4,7-8,11,17H2,1H3. The molecule has 3 nitrogen and oxygen atoms in total. The van der Waals surface area contributed by atoms with Crippen molar-refractivity contribution in [1.29, 1.82) is 0 Å². The van der Waals surface area contributed by atoms with Gasteiger partial charge in [0.1, 0.15) is 12.4 Å². The van der Waals surface area contributed by atoms with Gasteiger partial charge >= 0.3 is 0 Å². The summed E-state index contributed by atoms with van der Waals surface area (Å²) in [5, 5.41) is 0. The maximum Gasteiger partial charge on any atom is 0.124 e. The summed E-state index contributed by atoms with van der Waals surface area (Å²) >= 11 is 0. The molecule has 0 bridgehead atoms. The Labute approximate surface area is 115 Å². The Kier molecular flexibility index (Phi) is 3.76. The lowest BCUT2D eigenvalue weighted by Crippen LogP contribution is -2.52. The molecule has 19 heavy (non-hydrogen) atoms. The lowest BCUT2D eigenvalue weighted by Gasteiger charge is -2.41. The van der Waals surface area contributed by atoms with Gasteiger partial charge in [-0.2, -0.15) is 0 Å². The second-order valence-electron chi connectivity index (χ2n) is 5.71. The van der Waals surface area contributed by atoms with Crippen LogP contribution in [-0.2, 0) is 0 Å². The highest BCUT2D eigenvalue weighted by atomic mass is 16.5. The van der Waals surface area contributed by atoms with Crippen LogP contribution < -0.4 is 10.5 Å². The first-order chi connectivity index (χ1) is 9.31. The number of hydrogen-bond acceptors (Lipinski definition) is 3. The summed E-state index contributed by atoms with van der Waals surface area (Å²) in [6, 6.07) is 9.30. The Balaban J connectivity index is 1.81. The Morgan fingerprint density at radius 2 is 2.00 bits per heavy atom. The molecule has 1 heterocycles. The molecule has 104 valence electrons. The molecule has 1 aliphatic carbocycles. The van der Waals surface area contributed by atoms with Crippen LogP contribution in [0.1, 0.15) is 44.2 Å². The number of nitrogens with two attached hydrogens (primary N) is 1. The van der Waals surface area contributed by atoms with Crippen molar-refractivity contribution in [2.24, 2.45) is 5.73 Å². The van der Waals surface area contributed by atoms with E-state index < -0.39 is 0 Å². The van der Waals surface area contributed by atoms with Gasteiger partial charge in [0.05, 0.1) is 12.1 Å². The van der Waals surface area contributed by atoms with Gasteiger partial charge in [0.25, 0.3) is 0 Å². The van der Waals surface area contributed by atoms with Crippen LogP contribution >= 0.6 is 0 Å². The van der Waals surface area contributed by atoms with Crippen LogP contribution in [0.2, 0.25) is 0 Å². The van der Waals surface area contributed by atoms with E-state index >= 15 is 0 Å². The minimum atomic E-state index is 0.0745. The number of fused-ring (bicyclic) bond motifs is 1. The molecule has 2 unspecified atom stereocenters. The summed E-state index contributed by atoms with van der Waals surface area (Å²) in [6.07, 6.45) is 5.36. The van der Waals surface area contributed by atoms with E-state index in [2.05, 4.69) is 24.0 Å². The van der Waals surface area contributed by atoms with Gasteiger partial charge in [0.15, 0.2) is 0 Å². The molecule has 2 N–H and O–H groups in total. The van der Waals surface area contributed by atoms with Gasteiger partial charge in [-0.15, -0.1) is 0 Å². The highest BCUT2D eigenvalue weighted by molar-refractivity contribution is 5.38. The van der Waals surface area contributed by atoms with Crippen molar-refractivity contribution < 1.29 is 4.74 Å². The van der Waals surface area contributed by atoms with E-state index in [-0.39, 0.29) is 6.04 Å². The zero-order chi connectivity index (χ0) is 13.2. The summed E-state index contributed by atoms with van der Waals surface area (Å²) in [5.41, 5.74) is 7.68. The second kappa shape index (κ2) is 5.51. The van der Waals surface area contributed by atoms with E-state index in [9.17, 15) is 0 Å². The fraction of sp³-hybridized carbons (Fsp3) is 0.625. The highest BCUT2D eigenvalue weighted by Crippen LogP contribution is 2.35. The van der Waals surface area contributed by atoms with E-state index in [0.29, 0.717) is 12.1 Å². The smallest absolute Gasteiger partial charge is 0.124 e. The third-order valence-electron chi connectivity index (χ3n) is 4.69. The van der Waals surface area contributed by atoms with Crippen LogP contribution in [0.15, 0.2) is 24.3 Å². The first-order valence-electron chi connectivity index (χ1n) is 7.54. The first kappa shape index (κ1) is 12.9. The molecule has 1 aromatic carbocycles. The van der Waals surface area contributed by atoms with Crippen molar-refractivity contribution in [3.8, 4) is 5.75 Å². The lowest BCUT2D eigenvalue weighted by atomic mass is 9.94. The molecule has 0 radical (unpaired) electrons. The Bertz CT molecular complexity index is 429. The summed E-state index contributed by atoms with van der Waals surface area (Å²) < 4.78 is 5.93. The normalized spacial score (nSPS) is 27.3. The summed E-state index contributed by atoms with van der Waals surface area (Å²) in [4.78, 5) is 2.58. The largest absolute Gasteiger partial charge is 0.492 e. The first-order valence-corrected chi connectivity index (χ1v) is 7.54. The van der Waals surface area contributed by atoms with Gasteiger partial charge in [-0.1, -0.05) is 38.0 Å². The number of hydrogen-bond donors (Lipinski definition) is 1. The highest BCUT2D eigenvalue weighted by Gasteiger charge is 2.35. The predicted molar refractivity (Wildman–Crippen MR) is 77.3 cm³/mol. The lowest BCUT2D eigenvalue weighted by molar-refractivity contribution is 0.0678. The van der Waals surface area contributed by atoms with Crippen molar-refractivity contribution in [1.82, 2.24) is 4.90 Å². The third-order valence-corrected chi connectivity index (χ3v) is 4.69.